The van der Waals surface area contributed by atoms with Crippen LogP contribution < -0.4 is 5.32 Å². The number of hydrogen-bond acceptors (Lipinski definition) is 3. The van der Waals surface area contributed by atoms with Crippen LogP contribution in [0.25, 0.3) is 0 Å². The predicted octanol–water partition coefficient (Wildman–Crippen LogP) is 2.39. The van der Waals surface area contributed by atoms with Crippen LogP contribution in [0.5, 0.6) is 0 Å². The molecule has 1 saturated carbocycles. The molecule has 1 heterocycles. The standard InChI is InChI=1S/C16H32N2O/c1-4-5-14-7-9-18(11-14)15-6-8-16(10-15,12-19)17-13(2)3/h13-15,17,19H,4-12H2,1-3H3. The summed E-state index contributed by atoms with van der Waals surface area (Å²) in [6, 6.07) is 1.15. The van der Waals surface area contributed by atoms with Crippen LogP contribution in [0.3, 0.4) is 0 Å². The summed E-state index contributed by atoms with van der Waals surface area (Å²) < 4.78 is 0. The molecule has 3 nitrogen and oxygen atoms in total. The van der Waals surface area contributed by atoms with E-state index in [4.69, 9.17) is 0 Å². The van der Waals surface area contributed by atoms with Crippen LogP contribution in [0.2, 0.25) is 0 Å². The number of nitrogens with one attached hydrogen (secondary N) is 1. The first-order valence-corrected chi connectivity index (χ1v) is 8.21. The van der Waals surface area contributed by atoms with E-state index < -0.39 is 0 Å². The van der Waals surface area contributed by atoms with Crippen molar-refractivity contribution in [2.45, 2.75) is 76.9 Å². The Bertz CT molecular complexity index is 282. The highest BCUT2D eigenvalue weighted by Gasteiger charge is 2.42. The monoisotopic (exact) mass is 268 g/mol. The number of aliphatic hydroxyl groups excluding tert-OH is 1. The Hall–Kier alpha value is -0.120. The molecule has 0 aromatic rings. The molecule has 1 aliphatic heterocycles. The van der Waals surface area contributed by atoms with E-state index in [1.807, 2.05) is 0 Å². The molecular formula is C16H32N2O. The zero-order valence-electron chi connectivity index (χ0n) is 13.0. The van der Waals surface area contributed by atoms with Gasteiger partial charge in [-0.2, -0.15) is 0 Å². The minimum absolute atomic E-state index is 0.0122. The topological polar surface area (TPSA) is 35.5 Å². The molecule has 1 aliphatic carbocycles. The highest BCUT2D eigenvalue weighted by Crippen LogP contribution is 2.36. The molecular weight excluding hydrogens is 236 g/mol. The van der Waals surface area contributed by atoms with Crippen molar-refractivity contribution < 1.29 is 5.11 Å². The fraction of sp³-hybridized carbons (Fsp3) is 1.00. The van der Waals surface area contributed by atoms with Gasteiger partial charge in [0, 0.05) is 24.2 Å². The molecule has 0 amide bonds. The average Bonchev–Trinajstić information content (AvgIpc) is 2.96. The van der Waals surface area contributed by atoms with Crippen LogP contribution in [-0.2, 0) is 0 Å². The number of hydrogen-bond donors (Lipinski definition) is 2. The molecule has 3 atom stereocenters. The van der Waals surface area contributed by atoms with Crippen molar-refractivity contribution >= 4 is 0 Å². The van der Waals surface area contributed by atoms with E-state index in [9.17, 15) is 5.11 Å². The van der Waals surface area contributed by atoms with E-state index in [0.717, 1.165) is 18.8 Å². The van der Waals surface area contributed by atoms with Crippen molar-refractivity contribution in [1.82, 2.24) is 10.2 Å². The fourth-order valence-electron chi connectivity index (χ4n) is 4.18. The Morgan fingerprint density at radius 2 is 2.16 bits per heavy atom. The molecule has 0 aromatic carbocycles. The summed E-state index contributed by atoms with van der Waals surface area (Å²) in [4.78, 5) is 2.69. The summed E-state index contributed by atoms with van der Waals surface area (Å²) in [5.41, 5.74) is -0.0122. The number of nitrogens with zero attached hydrogens (tertiary/aromatic N) is 1. The molecule has 19 heavy (non-hydrogen) atoms. The van der Waals surface area contributed by atoms with E-state index in [2.05, 4.69) is 31.0 Å². The minimum atomic E-state index is -0.0122. The molecule has 0 aromatic heterocycles. The maximum atomic E-state index is 9.78. The molecule has 1 saturated heterocycles. The lowest BCUT2D eigenvalue weighted by atomic mass is 9.97. The summed E-state index contributed by atoms with van der Waals surface area (Å²) in [7, 11) is 0. The van der Waals surface area contributed by atoms with Gasteiger partial charge in [-0.3, -0.25) is 0 Å². The Kier molecular flexibility index (Phi) is 5.27. The summed E-state index contributed by atoms with van der Waals surface area (Å²) in [5, 5.41) is 13.4. The first-order chi connectivity index (χ1) is 9.08. The number of rotatable bonds is 6. The molecule has 3 heteroatoms. The smallest absolute Gasteiger partial charge is 0.0614 e. The number of aliphatic hydroxyl groups is 1. The maximum absolute atomic E-state index is 9.78. The van der Waals surface area contributed by atoms with E-state index in [1.54, 1.807) is 0 Å². The van der Waals surface area contributed by atoms with Crippen molar-refractivity contribution in [3.63, 3.8) is 0 Å². The summed E-state index contributed by atoms with van der Waals surface area (Å²) in [6.07, 6.45) is 7.59. The fourth-order valence-corrected chi connectivity index (χ4v) is 4.18. The maximum Gasteiger partial charge on any atom is 0.0614 e. The third-order valence-corrected chi connectivity index (χ3v) is 5.01. The summed E-state index contributed by atoms with van der Waals surface area (Å²) >= 11 is 0. The highest BCUT2D eigenvalue weighted by molar-refractivity contribution is 5.01. The van der Waals surface area contributed by atoms with Crippen molar-refractivity contribution in [2.24, 2.45) is 5.92 Å². The zero-order valence-corrected chi connectivity index (χ0v) is 13.0. The van der Waals surface area contributed by atoms with Gasteiger partial charge in [0.05, 0.1) is 6.61 Å². The largest absolute Gasteiger partial charge is 0.394 e. The second kappa shape index (κ2) is 6.55. The number of likely N-dealkylation sites (tertiary alicyclic amines) is 1. The molecule has 0 radical (unpaired) electrons. The Morgan fingerprint density at radius 1 is 1.37 bits per heavy atom. The van der Waals surface area contributed by atoms with Crippen molar-refractivity contribution in [3.05, 3.63) is 0 Å². The minimum Gasteiger partial charge on any atom is -0.394 e. The van der Waals surface area contributed by atoms with E-state index in [1.165, 1.54) is 38.8 Å². The molecule has 0 bridgehead atoms. The molecule has 2 rings (SSSR count). The SMILES string of the molecule is CCCC1CCN(C2CCC(CO)(NC(C)C)C2)C1. The van der Waals surface area contributed by atoms with Crippen molar-refractivity contribution in [2.75, 3.05) is 19.7 Å². The van der Waals surface area contributed by atoms with Crippen LogP contribution in [0.4, 0.5) is 0 Å². The predicted molar refractivity (Wildman–Crippen MR) is 80.3 cm³/mol. The third kappa shape index (κ3) is 3.71. The highest BCUT2D eigenvalue weighted by atomic mass is 16.3. The molecule has 0 spiro atoms. The van der Waals surface area contributed by atoms with Gasteiger partial charge in [-0.15, -0.1) is 0 Å². The second-order valence-corrected chi connectivity index (χ2v) is 7.07. The molecule has 112 valence electrons. The Labute approximate surface area is 118 Å². The zero-order chi connectivity index (χ0) is 13.9. The van der Waals surface area contributed by atoms with Crippen molar-refractivity contribution in [1.29, 1.82) is 0 Å². The van der Waals surface area contributed by atoms with Gasteiger partial charge in [-0.25, -0.2) is 0 Å². The van der Waals surface area contributed by atoms with Gasteiger partial charge in [0.2, 0.25) is 0 Å². The summed E-state index contributed by atoms with van der Waals surface area (Å²) in [5.74, 6) is 0.923. The quantitative estimate of drug-likeness (QED) is 0.776. The van der Waals surface area contributed by atoms with Gasteiger partial charge >= 0.3 is 0 Å². The second-order valence-electron chi connectivity index (χ2n) is 7.07. The van der Waals surface area contributed by atoms with Crippen molar-refractivity contribution in [3.8, 4) is 0 Å². The lowest BCUT2D eigenvalue weighted by molar-refractivity contribution is 0.141. The molecule has 3 unspecified atom stereocenters. The van der Waals surface area contributed by atoms with Crippen LogP contribution in [0.1, 0.15) is 59.3 Å². The lowest BCUT2D eigenvalue weighted by Gasteiger charge is -2.32. The average molecular weight is 268 g/mol. The van der Waals surface area contributed by atoms with Crippen LogP contribution in [0.15, 0.2) is 0 Å². The Balaban J connectivity index is 1.87. The Morgan fingerprint density at radius 3 is 2.79 bits per heavy atom. The first-order valence-electron chi connectivity index (χ1n) is 8.21. The van der Waals surface area contributed by atoms with Gasteiger partial charge in [-0.1, -0.05) is 27.2 Å². The van der Waals surface area contributed by atoms with Gasteiger partial charge in [0.1, 0.15) is 0 Å². The van der Waals surface area contributed by atoms with Gasteiger partial charge in [0.15, 0.2) is 0 Å². The molecule has 2 fully saturated rings. The molecule has 2 N–H and O–H groups in total. The van der Waals surface area contributed by atoms with E-state index >= 15 is 0 Å². The summed E-state index contributed by atoms with van der Waals surface area (Å²) in [6.45, 7) is 9.51. The van der Waals surface area contributed by atoms with Gasteiger partial charge < -0.3 is 15.3 Å². The normalized spacial score (nSPS) is 36.5. The van der Waals surface area contributed by atoms with Crippen LogP contribution in [-0.4, -0.2) is 47.3 Å². The first kappa shape index (κ1) is 15.3. The van der Waals surface area contributed by atoms with E-state index in [-0.39, 0.29) is 12.1 Å². The van der Waals surface area contributed by atoms with Crippen LogP contribution >= 0.6 is 0 Å². The van der Waals surface area contributed by atoms with E-state index in [0.29, 0.717) is 12.1 Å². The molecule has 2 aliphatic rings. The third-order valence-electron chi connectivity index (χ3n) is 5.01. The van der Waals surface area contributed by atoms with Gasteiger partial charge in [-0.05, 0) is 44.6 Å². The van der Waals surface area contributed by atoms with Gasteiger partial charge in [0.25, 0.3) is 0 Å². The van der Waals surface area contributed by atoms with Crippen LogP contribution in [0, 0.1) is 5.92 Å². The lowest BCUT2D eigenvalue weighted by Crippen LogP contribution is -2.50.